The van der Waals surface area contributed by atoms with E-state index < -0.39 is 17.9 Å². The summed E-state index contributed by atoms with van der Waals surface area (Å²) in [6, 6.07) is 33.6. The van der Waals surface area contributed by atoms with E-state index in [4.69, 9.17) is 14.2 Å². The molecule has 7 nitrogen and oxygen atoms in total. The monoisotopic (exact) mass is 664 g/mol. The molecule has 0 unspecified atom stereocenters. The predicted octanol–water partition coefficient (Wildman–Crippen LogP) is 7.83. The van der Waals surface area contributed by atoms with E-state index >= 15 is 0 Å². The molecule has 1 atom stereocenters. The number of benzene rings is 4. The number of para-hydroxylation sites is 2. The molecule has 45 heavy (non-hydrogen) atoms. The third-order valence-electron chi connectivity index (χ3n) is 7.16. The number of rotatable bonds is 13. The van der Waals surface area contributed by atoms with Gasteiger partial charge in [-0.15, -0.1) is 0 Å². The molecule has 0 aliphatic carbocycles. The molecule has 1 N–H and O–H groups in total. The lowest BCUT2D eigenvalue weighted by molar-refractivity contribution is -0.142. The van der Waals surface area contributed by atoms with Gasteiger partial charge in [-0.25, -0.2) is 4.79 Å². The minimum absolute atomic E-state index is 0.247. The second kappa shape index (κ2) is 15.7. The number of halogens is 1. The van der Waals surface area contributed by atoms with Crippen molar-refractivity contribution in [3.8, 4) is 28.4 Å². The number of aromatic nitrogens is 1. The van der Waals surface area contributed by atoms with Crippen molar-refractivity contribution in [1.82, 2.24) is 10.3 Å². The molecule has 0 fully saturated rings. The van der Waals surface area contributed by atoms with Crippen LogP contribution in [0.15, 0.2) is 126 Å². The smallest absolute Gasteiger partial charge is 0.328 e. The Kier molecular flexibility index (Phi) is 11.0. The minimum Gasteiger partial charge on any atom is -0.493 e. The van der Waals surface area contributed by atoms with E-state index in [1.54, 1.807) is 24.5 Å². The Bertz CT molecular complexity index is 1710. The van der Waals surface area contributed by atoms with E-state index in [1.807, 2.05) is 97.1 Å². The van der Waals surface area contributed by atoms with Crippen LogP contribution in [0.2, 0.25) is 0 Å². The number of aryl methyl sites for hydroxylation is 1. The van der Waals surface area contributed by atoms with Crippen LogP contribution in [-0.2, 0) is 22.4 Å². The highest BCUT2D eigenvalue weighted by molar-refractivity contribution is 9.10. The summed E-state index contributed by atoms with van der Waals surface area (Å²) in [5, 5.41) is 2.86. The van der Waals surface area contributed by atoms with E-state index in [1.165, 1.54) is 12.7 Å². The quantitative estimate of drug-likeness (QED) is 0.102. The summed E-state index contributed by atoms with van der Waals surface area (Å²) in [5.41, 5.74) is 4.25. The van der Waals surface area contributed by atoms with Crippen LogP contribution in [0.3, 0.4) is 0 Å². The van der Waals surface area contributed by atoms with Crippen LogP contribution in [-0.4, -0.2) is 36.6 Å². The highest BCUT2D eigenvalue weighted by atomic mass is 79.9. The molecule has 0 bridgehead atoms. The molecule has 4 aromatic carbocycles. The summed E-state index contributed by atoms with van der Waals surface area (Å²) >= 11 is 3.45. The van der Waals surface area contributed by atoms with Gasteiger partial charge in [0.15, 0.2) is 0 Å². The summed E-state index contributed by atoms with van der Waals surface area (Å²) < 4.78 is 17.9. The van der Waals surface area contributed by atoms with Crippen molar-refractivity contribution >= 4 is 27.8 Å². The van der Waals surface area contributed by atoms with Crippen LogP contribution in [0, 0.1) is 0 Å². The number of hydrogen-bond donors (Lipinski definition) is 1. The molecule has 0 spiro atoms. The molecule has 1 amide bonds. The minimum atomic E-state index is -0.902. The molecule has 0 radical (unpaired) electrons. The number of nitrogens with one attached hydrogen (secondary N) is 1. The third-order valence-corrected chi connectivity index (χ3v) is 7.65. The second-order valence-corrected chi connectivity index (χ2v) is 11.2. The summed E-state index contributed by atoms with van der Waals surface area (Å²) in [6.45, 7) is 0.427. The first-order valence-corrected chi connectivity index (χ1v) is 15.4. The van der Waals surface area contributed by atoms with Crippen LogP contribution in [0.4, 0.5) is 0 Å². The van der Waals surface area contributed by atoms with E-state index in [2.05, 4.69) is 26.2 Å². The maximum atomic E-state index is 13.5. The maximum Gasteiger partial charge on any atom is 0.328 e. The molecule has 228 valence electrons. The number of carbonyl (C=O) groups is 2. The van der Waals surface area contributed by atoms with E-state index in [9.17, 15) is 9.59 Å². The van der Waals surface area contributed by atoms with Crippen molar-refractivity contribution in [2.45, 2.75) is 25.3 Å². The number of nitrogens with zero attached hydrogens (tertiary/aromatic N) is 1. The Balaban J connectivity index is 1.26. The van der Waals surface area contributed by atoms with Gasteiger partial charge in [0.25, 0.3) is 5.91 Å². The molecule has 1 heterocycles. The van der Waals surface area contributed by atoms with Gasteiger partial charge in [-0.3, -0.25) is 9.78 Å². The Morgan fingerprint density at radius 1 is 0.822 bits per heavy atom. The Morgan fingerprint density at radius 2 is 1.56 bits per heavy atom. The highest BCUT2D eigenvalue weighted by Gasteiger charge is 2.24. The number of pyridine rings is 1. The molecule has 5 rings (SSSR count). The zero-order valence-corrected chi connectivity index (χ0v) is 26.4. The van der Waals surface area contributed by atoms with Crippen molar-refractivity contribution < 1.29 is 23.8 Å². The molecular formula is C37H33BrN2O5. The number of carbonyl (C=O) groups excluding carboxylic acids is 2. The lowest BCUT2D eigenvalue weighted by Gasteiger charge is -2.19. The van der Waals surface area contributed by atoms with Crippen LogP contribution < -0.4 is 14.8 Å². The van der Waals surface area contributed by atoms with E-state index in [0.717, 1.165) is 45.5 Å². The van der Waals surface area contributed by atoms with Crippen molar-refractivity contribution in [3.05, 3.63) is 143 Å². The Hall–Kier alpha value is -4.95. The summed E-state index contributed by atoms with van der Waals surface area (Å²) in [4.78, 5) is 30.3. The first-order valence-electron chi connectivity index (χ1n) is 14.6. The molecule has 0 saturated heterocycles. The van der Waals surface area contributed by atoms with Gasteiger partial charge >= 0.3 is 5.97 Å². The number of ether oxygens (including phenoxy) is 3. The standard InChI is InChI=1S/C37H33BrN2O5/c1-43-37(42)33(40-36(41)32-25-29(38)17-18-34(32)44-23-7-8-26-19-21-39-22-20-26)24-27-13-15-28(16-14-27)31-11-5-6-12-35(31)45-30-9-3-2-4-10-30/h2-6,9-22,25,33H,7-8,23-24H2,1H3,(H,40,41)/t33-/m0/s1. The van der Waals surface area contributed by atoms with Crippen molar-refractivity contribution in [3.63, 3.8) is 0 Å². The van der Waals surface area contributed by atoms with Gasteiger partial charge in [-0.2, -0.15) is 0 Å². The number of amides is 1. The van der Waals surface area contributed by atoms with Gasteiger partial charge in [0, 0.05) is 28.9 Å². The van der Waals surface area contributed by atoms with Crippen molar-refractivity contribution in [1.29, 1.82) is 0 Å². The molecule has 0 saturated carbocycles. The molecule has 0 aliphatic rings. The zero-order valence-electron chi connectivity index (χ0n) is 24.8. The van der Waals surface area contributed by atoms with Crippen LogP contribution in [0.25, 0.3) is 11.1 Å². The highest BCUT2D eigenvalue weighted by Crippen LogP contribution is 2.33. The average Bonchev–Trinajstić information content (AvgIpc) is 3.08. The molecule has 0 aliphatic heterocycles. The van der Waals surface area contributed by atoms with Gasteiger partial charge in [0.05, 0.1) is 19.3 Å². The van der Waals surface area contributed by atoms with Crippen LogP contribution in [0.5, 0.6) is 17.2 Å². The normalized spacial score (nSPS) is 11.3. The van der Waals surface area contributed by atoms with Crippen LogP contribution >= 0.6 is 15.9 Å². The first-order chi connectivity index (χ1) is 22.0. The number of hydrogen-bond acceptors (Lipinski definition) is 6. The largest absolute Gasteiger partial charge is 0.493 e. The van der Waals surface area contributed by atoms with Gasteiger partial charge in [-0.05, 0) is 78.1 Å². The van der Waals surface area contributed by atoms with Gasteiger partial charge in [-0.1, -0.05) is 76.6 Å². The van der Waals surface area contributed by atoms with Crippen molar-refractivity contribution in [2.24, 2.45) is 0 Å². The fourth-order valence-electron chi connectivity index (χ4n) is 4.85. The fourth-order valence-corrected chi connectivity index (χ4v) is 5.21. The molecule has 8 heteroatoms. The lowest BCUT2D eigenvalue weighted by atomic mass is 9.99. The lowest BCUT2D eigenvalue weighted by Crippen LogP contribution is -2.43. The Labute approximate surface area is 271 Å². The SMILES string of the molecule is COC(=O)[C@H](Cc1ccc(-c2ccccc2Oc2ccccc2)cc1)NC(=O)c1cc(Br)ccc1OCCCc1ccncc1. The van der Waals surface area contributed by atoms with E-state index in [0.29, 0.717) is 17.9 Å². The average molecular weight is 666 g/mol. The zero-order chi connectivity index (χ0) is 31.4. The van der Waals surface area contributed by atoms with Gasteiger partial charge < -0.3 is 19.5 Å². The number of esters is 1. The Morgan fingerprint density at radius 3 is 2.31 bits per heavy atom. The maximum absolute atomic E-state index is 13.5. The van der Waals surface area contributed by atoms with Gasteiger partial charge in [0.2, 0.25) is 0 Å². The molecule has 1 aromatic heterocycles. The topological polar surface area (TPSA) is 86.8 Å². The molecule has 5 aromatic rings. The summed E-state index contributed by atoms with van der Waals surface area (Å²) in [7, 11) is 1.31. The van der Waals surface area contributed by atoms with Gasteiger partial charge in [0.1, 0.15) is 23.3 Å². The number of methoxy groups -OCH3 is 1. The summed E-state index contributed by atoms with van der Waals surface area (Å²) in [6.07, 6.45) is 5.37. The van der Waals surface area contributed by atoms with Crippen LogP contribution in [0.1, 0.15) is 27.9 Å². The second-order valence-electron chi connectivity index (χ2n) is 10.3. The fraction of sp³-hybridized carbons (Fsp3) is 0.162. The third kappa shape index (κ3) is 8.80. The van der Waals surface area contributed by atoms with Crippen molar-refractivity contribution in [2.75, 3.05) is 13.7 Å². The first kappa shape index (κ1) is 31.5. The predicted molar refractivity (Wildman–Crippen MR) is 178 cm³/mol. The van der Waals surface area contributed by atoms with E-state index in [-0.39, 0.29) is 6.42 Å². The summed E-state index contributed by atoms with van der Waals surface area (Å²) in [5.74, 6) is 0.959. The molecular weight excluding hydrogens is 632 g/mol.